The Morgan fingerprint density at radius 1 is 1.00 bits per heavy atom. The average Bonchev–Trinajstić information content (AvgIpc) is 3.53. The Balaban J connectivity index is 1.33. The molecule has 2 aliphatic heterocycles. The lowest BCUT2D eigenvalue weighted by Crippen LogP contribution is -2.44. The number of unbranched alkanes of at least 4 members (excludes halogenated alkanes) is 1. The van der Waals surface area contributed by atoms with E-state index in [9.17, 15) is 14.4 Å². The smallest absolute Gasteiger partial charge is 0.332 e. The van der Waals surface area contributed by atoms with Gasteiger partial charge in [-0.15, -0.1) is 0 Å². The highest BCUT2D eigenvalue weighted by molar-refractivity contribution is 6.24. The van der Waals surface area contributed by atoms with Crippen molar-refractivity contribution in [3.63, 3.8) is 0 Å². The molecule has 0 radical (unpaired) electrons. The first-order valence-electron chi connectivity index (χ1n) is 14.9. The number of nitrogens with zero attached hydrogens (tertiary/aromatic N) is 2. The number of methoxy groups -OCH3 is 1. The summed E-state index contributed by atoms with van der Waals surface area (Å²) in [6.07, 6.45) is 3.12. The molecule has 0 bridgehead atoms. The number of carbonyl (C=O) groups excluding carboxylic acids is 3. The van der Waals surface area contributed by atoms with Gasteiger partial charge in [0.15, 0.2) is 0 Å². The summed E-state index contributed by atoms with van der Waals surface area (Å²) in [7, 11) is 1.60. The molecule has 1 aromatic heterocycles. The van der Waals surface area contributed by atoms with Crippen molar-refractivity contribution >= 4 is 34.4 Å². The SMILES string of the molecule is CCCCOCCCNC(=O)c1ccccc1N1C(=O)[C@@H]2Cc3c([nH]c4ccccc34)[C@@H](c3cccc(OC)c3)N2C1=O. The first-order chi connectivity index (χ1) is 21.0. The van der Waals surface area contributed by atoms with Gasteiger partial charge < -0.3 is 19.8 Å². The molecule has 0 saturated carbocycles. The third-order valence-corrected chi connectivity index (χ3v) is 8.24. The highest BCUT2D eigenvalue weighted by Crippen LogP contribution is 2.45. The number of hydrogen-bond acceptors (Lipinski definition) is 5. The largest absolute Gasteiger partial charge is 0.497 e. The highest BCUT2D eigenvalue weighted by atomic mass is 16.5. The monoisotopic (exact) mass is 580 g/mol. The number of amides is 4. The number of rotatable bonds is 11. The first kappa shape index (κ1) is 28.5. The van der Waals surface area contributed by atoms with Gasteiger partial charge >= 0.3 is 6.03 Å². The predicted molar refractivity (Wildman–Crippen MR) is 164 cm³/mol. The number of carbonyl (C=O) groups is 3. The van der Waals surface area contributed by atoms with Gasteiger partial charge in [-0.25, -0.2) is 9.69 Å². The molecule has 4 aromatic rings. The number of ether oxygens (including phenoxy) is 2. The Labute approximate surface area is 250 Å². The molecule has 0 spiro atoms. The molecule has 222 valence electrons. The van der Waals surface area contributed by atoms with Crippen LogP contribution in [0, 0.1) is 0 Å². The van der Waals surface area contributed by atoms with E-state index in [4.69, 9.17) is 9.47 Å². The van der Waals surface area contributed by atoms with Crippen molar-refractivity contribution in [2.75, 3.05) is 31.8 Å². The van der Waals surface area contributed by atoms with Gasteiger partial charge in [0.05, 0.1) is 18.4 Å². The number of H-pyrrole nitrogens is 1. The van der Waals surface area contributed by atoms with Gasteiger partial charge in [-0.2, -0.15) is 0 Å². The number of nitrogens with one attached hydrogen (secondary N) is 2. The zero-order chi connectivity index (χ0) is 29.9. The molecule has 9 heteroatoms. The van der Waals surface area contributed by atoms with E-state index in [-0.39, 0.29) is 23.1 Å². The maximum absolute atomic E-state index is 14.3. The lowest BCUT2D eigenvalue weighted by molar-refractivity contribution is -0.120. The van der Waals surface area contributed by atoms with E-state index in [2.05, 4.69) is 17.2 Å². The minimum absolute atomic E-state index is 0.276. The molecule has 6 rings (SSSR count). The molecular weight excluding hydrogens is 544 g/mol. The molecule has 0 aliphatic carbocycles. The van der Waals surface area contributed by atoms with Crippen LogP contribution in [0.4, 0.5) is 10.5 Å². The van der Waals surface area contributed by atoms with Crippen molar-refractivity contribution in [2.45, 2.75) is 44.7 Å². The van der Waals surface area contributed by atoms with Crippen LogP contribution >= 0.6 is 0 Å². The summed E-state index contributed by atoms with van der Waals surface area (Å²) in [4.78, 5) is 48.1. The Morgan fingerprint density at radius 3 is 2.63 bits per heavy atom. The molecule has 0 unspecified atom stereocenters. The minimum atomic E-state index is -0.730. The molecule has 9 nitrogen and oxygen atoms in total. The Hall–Kier alpha value is -4.63. The van der Waals surface area contributed by atoms with Crippen LogP contribution in [0.1, 0.15) is 59.4 Å². The van der Waals surface area contributed by atoms with Crippen molar-refractivity contribution in [3.8, 4) is 5.75 Å². The number of aromatic nitrogens is 1. The summed E-state index contributed by atoms with van der Waals surface area (Å²) >= 11 is 0. The number of aromatic amines is 1. The van der Waals surface area contributed by atoms with Crippen molar-refractivity contribution in [2.24, 2.45) is 0 Å². The van der Waals surface area contributed by atoms with Gasteiger partial charge in [-0.1, -0.05) is 55.8 Å². The van der Waals surface area contributed by atoms with Crippen LogP contribution in [0.5, 0.6) is 5.75 Å². The maximum atomic E-state index is 14.3. The lowest BCUT2D eigenvalue weighted by atomic mass is 9.89. The molecule has 2 N–H and O–H groups in total. The third kappa shape index (κ3) is 5.25. The first-order valence-corrected chi connectivity index (χ1v) is 14.9. The van der Waals surface area contributed by atoms with Crippen molar-refractivity contribution in [3.05, 3.63) is 95.2 Å². The topological polar surface area (TPSA) is 104 Å². The Bertz CT molecular complexity index is 1660. The maximum Gasteiger partial charge on any atom is 0.332 e. The zero-order valence-corrected chi connectivity index (χ0v) is 24.5. The fraction of sp³-hybridized carbons (Fsp3) is 0.324. The second-order valence-corrected chi connectivity index (χ2v) is 10.9. The Kier molecular flexibility index (Phi) is 8.16. The molecule has 2 atom stereocenters. The molecule has 4 amide bonds. The standard InChI is InChI=1S/C34H36N4O5/c1-3-4-18-43-19-10-17-35-32(39)25-14-6-8-16-28(25)38-33(40)29-21-26-24-13-5-7-15-27(24)36-30(26)31(37(29)34(38)41)22-11-9-12-23(20-22)42-2/h5-9,11-16,20,29,31,36H,3-4,10,17-19,21H2,1-2H3,(H,35,39)/t29-,31+/m0/s1. The van der Waals surface area contributed by atoms with E-state index in [0.29, 0.717) is 38.3 Å². The van der Waals surface area contributed by atoms with E-state index in [1.807, 2.05) is 48.5 Å². The normalized spacial score (nSPS) is 17.7. The number of benzene rings is 3. The number of imide groups is 1. The molecule has 1 fully saturated rings. The van der Waals surface area contributed by atoms with E-state index < -0.39 is 18.1 Å². The number of para-hydroxylation sites is 2. The number of anilines is 1. The van der Waals surface area contributed by atoms with E-state index in [1.165, 1.54) is 4.90 Å². The number of urea groups is 1. The van der Waals surface area contributed by atoms with Gasteiger partial charge in [-0.05, 0) is 54.3 Å². The van der Waals surface area contributed by atoms with Crippen LogP contribution in [-0.2, 0) is 16.0 Å². The van der Waals surface area contributed by atoms with E-state index >= 15 is 0 Å². The number of fused-ring (bicyclic) bond motifs is 4. The van der Waals surface area contributed by atoms with Gasteiger partial charge in [-0.3, -0.25) is 14.5 Å². The van der Waals surface area contributed by atoms with E-state index in [0.717, 1.165) is 40.6 Å². The Morgan fingerprint density at radius 2 is 1.79 bits per heavy atom. The second-order valence-electron chi connectivity index (χ2n) is 10.9. The molecule has 3 heterocycles. The summed E-state index contributed by atoms with van der Waals surface area (Å²) in [5.74, 6) is -0.0292. The summed E-state index contributed by atoms with van der Waals surface area (Å²) in [5.41, 5.74) is 4.23. The summed E-state index contributed by atoms with van der Waals surface area (Å²) in [5, 5.41) is 3.95. The molecule has 1 saturated heterocycles. The van der Waals surface area contributed by atoms with Crippen LogP contribution in [0.3, 0.4) is 0 Å². The van der Waals surface area contributed by atoms with Crippen LogP contribution in [0.2, 0.25) is 0 Å². The van der Waals surface area contributed by atoms with Gasteiger partial charge in [0.2, 0.25) is 0 Å². The third-order valence-electron chi connectivity index (χ3n) is 8.24. The second kappa shape index (κ2) is 12.3. The summed E-state index contributed by atoms with van der Waals surface area (Å²) < 4.78 is 11.1. The van der Waals surface area contributed by atoms with E-state index in [1.54, 1.807) is 36.3 Å². The molecule has 43 heavy (non-hydrogen) atoms. The van der Waals surface area contributed by atoms with Crippen molar-refractivity contribution in [1.29, 1.82) is 0 Å². The number of hydrogen-bond donors (Lipinski definition) is 2. The van der Waals surface area contributed by atoms with Crippen LogP contribution in [0.25, 0.3) is 10.9 Å². The zero-order valence-electron chi connectivity index (χ0n) is 24.5. The summed E-state index contributed by atoms with van der Waals surface area (Å²) in [6.45, 7) is 3.80. The average molecular weight is 581 g/mol. The van der Waals surface area contributed by atoms with Crippen molar-refractivity contribution in [1.82, 2.24) is 15.2 Å². The van der Waals surface area contributed by atoms with Crippen LogP contribution in [-0.4, -0.2) is 60.6 Å². The predicted octanol–water partition coefficient (Wildman–Crippen LogP) is 5.60. The minimum Gasteiger partial charge on any atom is -0.497 e. The van der Waals surface area contributed by atoms with Gasteiger partial charge in [0.1, 0.15) is 17.8 Å². The van der Waals surface area contributed by atoms with Crippen LogP contribution < -0.4 is 15.0 Å². The molecule has 2 aliphatic rings. The molecule has 3 aromatic carbocycles. The van der Waals surface area contributed by atoms with Crippen molar-refractivity contribution < 1.29 is 23.9 Å². The lowest BCUT2D eigenvalue weighted by Gasteiger charge is -2.36. The molecular formula is C34H36N4O5. The summed E-state index contributed by atoms with van der Waals surface area (Å²) in [6, 6.07) is 20.6. The fourth-order valence-corrected chi connectivity index (χ4v) is 6.13. The van der Waals surface area contributed by atoms with Gasteiger partial charge in [0.25, 0.3) is 11.8 Å². The highest BCUT2D eigenvalue weighted by Gasteiger charge is 2.53. The van der Waals surface area contributed by atoms with Gasteiger partial charge in [0, 0.05) is 42.8 Å². The quantitative estimate of drug-likeness (QED) is 0.178. The van der Waals surface area contributed by atoms with Crippen LogP contribution in [0.15, 0.2) is 72.8 Å². The fourth-order valence-electron chi connectivity index (χ4n) is 6.13.